The molecule has 7 nitrogen and oxygen atoms in total. The van der Waals surface area contributed by atoms with Gasteiger partial charge in [-0.2, -0.15) is 13.5 Å². The topological polar surface area (TPSA) is 102 Å². The monoisotopic (exact) mass is 281 g/mol. The fraction of sp³-hybridized carbons (Fsp3) is 0.182. The lowest BCUT2D eigenvalue weighted by molar-refractivity contribution is 0.603. The van der Waals surface area contributed by atoms with Gasteiger partial charge in [-0.25, -0.2) is 5.14 Å². The summed E-state index contributed by atoms with van der Waals surface area (Å²) in [4.78, 5) is 0. The molecule has 2 aromatic rings. The van der Waals surface area contributed by atoms with Crippen molar-refractivity contribution in [3.05, 3.63) is 42.2 Å². The first-order valence-electron chi connectivity index (χ1n) is 5.55. The number of aryl methyl sites for hydroxylation is 1. The minimum absolute atomic E-state index is 0.414. The van der Waals surface area contributed by atoms with Crippen molar-refractivity contribution in [3.8, 4) is 0 Å². The van der Waals surface area contributed by atoms with Crippen LogP contribution in [0.5, 0.6) is 0 Å². The molecule has 102 valence electrons. The van der Waals surface area contributed by atoms with Gasteiger partial charge < -0.3 is 5.32 Å². The van der Waals surface area contributed by atoms with Gasteiger partial charge in [0.15, 0.2) is 0 Å². The van der Waals surface area contributed by atoms with Gasteiger partial charge in [-0.15, -0.1) is 0 Å². The van der Waals surface area contributed by atoms with E-state index >= 15 is 0 Å². The molecule has 0 atom stereocenters. The molecule has 1 aromatic heterocycles. The second-order valence-corrected chi connectivity index (χ2v) is 5.32. The van der Waals surface area contributed by atoms with E-state index in [0.29, 0.717) is 12.2 Å². The molecule has 0 radical (unpaired) electrons. The van der Waals surface area contributed by atoms with Crippen LogP contribution in [0.1, 0.15) is 5.69 Å². The van der Waals surface area contributed by atoms with Gasteiger partial charge >= 0.3 is 0 Å². The summed E-state index contributed by atoms with van der Waals surface area (Å²) in [5.41, 5.74) is 2.22. The molecular formula is C11H15N5O2S. The quantitative estimate of drug-likeness (QED) is 0.748. The van der Waals surface area contributed by atoms with Crippen molar-refractivity contribution in [2.75, 3.05) is 10.0 Å². The summed E-state index contributed by atoms with van der Waals surface area (Å²) < 4.78 is 25.9. The first-order chi connectivity index (χ1) is 8.94. The Balaban J connectivity index is 2.05. The van der Waals surface area contributed by atoms with E-state index in [1.807, 2.05) is 19.2 Å². The Labute approximate surface area is 111 Å². The van der Waals surface area contributed by atoms with Gasteiger partial charge in [0.25, 0.3) is 10.2 Å². The molecule has 19 heavy (non-hydrogen) atoms. The smallest absolute Gasteiger partial charge is 0.296 e. The van der Waals surface area contributed by atoms with Crippen LogP contribution in [-0.4, -0.2) is 18.2 Å². The lowest BCUT2D eigenvalue weighted by Gasteiger charge is -2.09. The summed E-state index contributed by atoms with van der Waals surface area (Å²) in [5.74, 6) is 0. The fourth-order valence-electron chi connectivity index (χ4n) is 1.62. The van der Waals surface area contributed by atoms with E-state index in [2.05, 4.69) is 15.1 Å². The number of nitrogens with one attached hydrogen (secondary N) is 2. The van der Waals surface area contributed by atoms with E-state index in [4.69, 9.17) is 5.14 Å². The fourth-order valence-corrected chi connectivity index (χ4v) is 2.08. The number of rotatable bonds is 5. The normalized spacial score (nSPS) is 11.3. The average molecular weight is 281 g/mol. The molecule has 0 amide bonds. The molecule has 1 aromatic carbocycles. The minimum Gasteiger partial charge on any atom is -0.379 e. The molecule has 4 N–H and O–H groups in total. The molecule has 0 fully saturated rings. The Kier molecular flexibility index (Phi) is 3.72. The molecule has 2 rings (SSSR count). The Morgan fingerprint density at radius 1 is 1.32 bits per heavy atom. The van der Waals surface area contributed by atoms with Crippen molar-refractivity contribution in [2.45, 2.75) is 6.54 Å². The van der Waals surface area contributed by atoms with Crippen LogP contribution in [0.25, 0.3) is 0 Å². The molecule has 1 heterocycles. The first kappa shape index (κ1) is 13.4. The zero-order valence-electron chi connectivity index (χ0n) is 10.4. The highest BCUT2D eigenvalue weighted by atomic mass is 32.2. The van der Waals surface area contributed by atoms with Crippen molar-refractivity contribution in [3.63, 3.8) is 0 Å². The highest BCUT2D eigenvalue weighted by Gasteiger charge is 2.03. The van der Waals surface area contributed by atoms with Crippen molar-refractivity contribution < 1.29 is 8.42 Å². The zero-order valence-corrected chi connectivity index (χ0v) is 11.2. The number of nitrogens with zero attached hydrogens (tertiary/aromatic N) is 2. The Morgan fingerprint density at radius 3 is 2.68 bits per heavy atom. The third kappa shape index (κ3) is 3.97. The average Bonchev–Trinajstić information content (AvgIpc) is 2.70. The number of anilines is 2. The Morgan fingerprint density at radius 2 is 2.05 bits per heavy atom. The molecular weight excluding hydrogens is 266 g/mol. The molecule has 0 saturated heterocycles. The zero-order chi connectivity index (χ0) is 13.9. The van der Waals surface area contributed by atoms with Crippen molar-refractivity contribution >= 4 is 21.6 Å². The SMILES string of the molecule is Cn1nccc1CNc1cccc(NS(N)(=O)=O)c1. The molecule has 8 heteroatoms. The predicted octanol–water partition coefficient (Wildman–Crippen LogP) is 0.648. The number of benzene rings is 1. The van der Waals surface area contributed by atoms with Gasteiger partial charge in [-0.05, 0) is 24.3 Å². The summed E-state index contributed by atoms with van der Waals surface area (Å²) in [5, 5.41) is 12.2. The summed E-state index contributed by atoms with van der Waals surface area (Å²) in [6.07, 6.45) is 1.72. The Hall–Kier alpha value is -2.06. The molecule has 0 spiro atoms. The van der Waals surface area contributed by atoms with Crippen LogP contribution in [0.2, 0.25) is 0 Å². The van der Waals surface area contributed by atoms with Gasteiger partial charge in [0.05, 0.1) is 17.9 Å². The molecule has 0 saturated carbocycles. The summed E-state index contributed by atoms with van der Waals surface area (Å²) in [6.45, 7) is 0.593. The van der Waals surface area contributed by atoms with Gasteiger partial charge in [0.2, 0.25) is 0 Å². The highest BCUT2D eigenvalue weighted by molar-refractivity contribution is 7.90. The summed E-state index contributed by atoms with van der Waals surface area (Å²) in [6, 6.07) is 8.77. The van der Waals surface area contributed by atoms with E-state index in [-0.39, 0.29) is 0 Å². The number of hydrogen-bond acceptors (Lipinski definition) is 4. The number of nitrogens with two attached hydrogens (primary N) is 1. The van der Waals surface area contributed by atoms with E-state index in [1.165, 1.54) is 0 Å². The molecule has 0 aliphatic rings. The van der Waals surface area contributed by atoms with Crippen molar-refractivity contribution in [1.29, 1.82) is 0 Å². The largest absolute Gasteiger partial charge is 0.379 e. The first-order valence-corrected chi connectivity index (χ1v) is 7.10. The van der Waals surface area contributed by atoms with Gasteiger partial charge in [-0.3, -0.25) is 9.40 Å². The van der Waals surface area contributed by atoms with Gasteiger partial charge in [0.1, 0.15) is 0 Å². The molecule has 0 aliphatic carbocycles. The lowest BCUT2D eigenvalue weighted by Crippen LogP contribution is -2.21. The van der Waals surface area contributed by atoms with Crippen LogP contribution < -0.4 is 15.2 Å². The second kappa shape index (κ2) is 5.29. The maximum Gasteiger partial charge on any atom is 0.296 e. The predicted molar refractivity (Wildman–Crippen MR) is 73.7 cm³/mol. The van der Waals surface area contributed by atoms with Crippen LogP contribution in [0, 0.1) is 0 Å². The Bertz CT molecular complexity index is 665. The van der Waals surface area contributed by atoms with Crippen LogP contribution in [0.15, 0.2) is 36.5 Å². The van der Waals surface area contributed by atoms with Gasteiger partial charge in [0, 0.05) is 18.9 Å². The van der Waals surface area contributed by atoms with Crippen molar-refractivity contribution in [1.82, 2.24) is 9.78 Å². The second-order valence-electron chi connectivity index (χ2n) is 4.03. The van der Waals surface area contributed by atoms with Crippen LogP contribution in [0.3, 0.4) is 0 Å². The van der Waals surface area contributed by atoms with Crippen LogP contribution in [0.4, 0.5) is 11.4 Å². The molecule has 0 aliphatic heterocycles. The minimum atomic E-state index is -3.75. The van der Waals surface area contributed by atoms with E-state index in [9.17, 15) is 8.42 Å². The third-order valence-corrected chi connectivity index (χ3v) is 3.04. The van der Waals surface area contributed by atoms with Crippen LogP contribution >= 0.6 is 0 Å². The standard InChI is InChI=1S/C11H15N5O2S/c1-16-11(5-6-14-16)8-13-9-3-2-4-10(7-9)15-19(12,17)18/h2-7,13,15H,8H2,1H3,(H2,12,17,18). The maximum atomic E-state index is 10.9. The van der Waals surface area contributed by atoms with E-state index in [0.717, 1.165) is 11.4 Å². The summed E-state index contributed by atoms with van der Waals surface area (Å²) in [7, 11) is -1.89. The highest BCUT2D eigenvalue weighted by Crippen LogP contribution is 2.16. The molecule has 0 bridgehead atoms. The van der Waals surface area contributed by atoms with E-state index < -0.39 is 10.2 Å². The number of hydrogen-bond donors (Lipinski definition) is 3. The lowest BCUT2D eigenvalue weighted by atomic mass is 10.3. The van der Waals surface area contributed by atoms with Gasteiger partial charge in [-0.1, -0.05) is 6.07 Å². The van der Waals surface area contributed by atoms with Crippen LogP contribution in [-0.2, 0) is 23.8 Å². The molecule has 0 unspecified atom stereocenters. The van der Waals surface area contributed by atoms with E-state index in [1.54, 1.807) is 29.1 Å². The van der Waals surface area contributed by atoms with Crippen molar-refractivity contribution in [2.24, 2.45) is 12.2 Å². The maximum absolute atomic E-state index is 10.9. The number of aromatic nitrogens is 2. The third-order valence-electron chi connectivity index (χ3n) is 2.52. The summed E-state index contributed by atoms with van der Waals surface area (Å²) >= 11 is 0.